The Balaban J connectivity index is 0. The van der Waals surface area contributed by atoms with Crippen molar-refractivity contribution in [3.05, 3.63) is 99.2 Å². The minimum absolute atomic E-state index is 0. The van der Waals surface area contributed by atoms with Crippen LogP contribution in [0.3, 0.4) is 0 Å². The highest BCUT2D eigenvalue weighted by molar-refractivity contribution is 4.95. The van der Waals surface area contributed by atoms with Crippen molar-refractivity contribution < 1.29 is 16.9 Å². The Hall–Kier alpha value is -1.83. The largest absolute Gasteiger partial charge is 1.00 e. The zero-order chi connectivity index (χ0) is 18.6. The summed E-state index contributed by atoms with van der Waals surface area (Å²) >= 11 is 0. The van der Waals surface area contributed by atoms with Crippen molar-refractivity contribution in [2.24, 2.45) is 0 Å². The van der Waals surface area contributed by atoms with E-state index in [1.807, 2.05) is 24.3 Å². The molecule has 0 saturated heterocycles. The van der Waals surface area contributed by atoms with Crippen molar-refractivity contribution in [3.8, 4) is 0 Å². The third kappa shape index (κ3) is 14.5. The molecule has 0 fully saturated rings. The molecule has 0 N–H and O–H groups in total. The number of nitrogens with zero attached hydrogens (tertiary/aromatic N) is 1. The van der Waals surface area contributed by atoms with E-state index >= 15 is 0 Å². The van der Waals surface area contributed by atoms with E-state index in [0.29, 0.717) is 0 Å². The zero-order valence-electron chi connectivity index (χ0n) is 16.2. The molecule has 0 aromatic heterocycles. The van der Waals surface area contributed by atoms with Crippen molar-refractivity contribution in [1.29, 1.82) is 0 Å². The molecule has 26 heavy (non-hydrogen) atoms. The predicted octanol–water partition coefficient (Wildman–Crippen LogP) is 3.34. The molecule has 0 aromatic rings. The van der Waals surface area contributed by atoms with Gasteiger partial charge >= 0.3 is 0 Å². The van der Waals surface area contributed by atoms with Gasteiger partial charge in [0.2, 0.25) is 0 Å². The molecule has 1 nitrogen and oxygen atoms in total. The van der Waals surface area contributed by atoms with Gasteiger partial charge in [0.1, 0.15) is 0 Å². The Morgan fingerprint density at radius 3 is 0.846 bits per heavy atom. The molecule has 0 heterocycles. The first-order valence-electron chi connectivity index (χ1n) is 9.13. The summed E-state index contributed by atoms with van der Waals surface area (Å²) in [6.07, 6.45) is 29.4. The molecule has 0 aliphatic rings. The first-order chi connectivity index (χ1) is 12.2. The smallest absolute Gasteiger partial charge is 0.0981 e. The van der Waals surface area contributed by atoms with Gasteiger partial charge in [0.05, 0.1) is 26.2 Å². The van der Waals surface area contributed by atoms with E-state index in [1.54, 1.807) is 0 Å². The predicted molar refractivity (Wildman–Crippen MR) is 116 cm³/mol. The van der Waals surface area contributed by atoms with Crippen LogP contribution in [0, 0.1) is 0 Å². The molecule has 0 aliphatic carbocycles. The van der Waals surface area contributed by atoms with Gasteiger partial charge in [0.25, 0.3) is 0 Å². The van der Waals surface area contributed by atoms with Crippen LogP contribution in [-0.2, 0) is 0 Å². The second-order valence-corrected chi connectivity index (χ2v) is 6.06. The normalized spacial score (nSPS) is 13.8. The van der Waals surface area contributed by atoms with E-state index in [0.717, 1.165) is 56.3 Å². The fraction of sp³-hybridized carbons (Fsp3) is 0.333. The first-order valence-corrected chi connectivity index (χ1v) is 9.13. The summed E-state index contributed by atoms with van der Waals surface area (Å²) in [5, 5.41) is 0. The molecule has 0 amide bonds. The van der Waals surface area contributed by atoms with Gasteiger partial charge in [-0.25, -0.2) is 0 Å². The summed E-state index contributed by atoms with van der Waals surface area (Å²) < 4.78 is 0.975. The van der Waals surface area contributed by atoms with E-state index in [9.17, 15) is 0 Å². The summed E-state index contributed by atoms with van der Waals surface area (Å²) in [4.78, 5) is 0. The van der Waals surface area contributed by atoms with E-state index in [2.05, 4.69) is 74.9 Å². The molecular weight excluding hydrogens is 338 g/mol. The lowest BCUT2D eigenvalue weighted by atomic mass is 10.2. The van der Waals surface area contributed by atoms with Gasteiger partial charge in [-0.3, -0.25) is 0 Å². The second kappa shape index (κ2) is 19.5. The van der Waals surface area contributed by atoms with Crippen LogP contribution < -0.4 is 12.4 Å². The van der Waals surface area contributed by atoms with Crippen LogP contribution in [0.15, 0.2) is 99.2 Å². The number of quaternary nitrogens is 1. The molecular formula is C24H36ClN. The number of rotatable bonds is 16. The van der Waals surface area contributed by atoms with Crippen molar-refractivity contribution in [1.82, 2.24) is 0 Å². The minimum Gasteiger partial charge on any atom is -1.00 e. The van der Waals surface area contributed by atoms with E-state index < -0.39 is 0 Å². The molecule has 0 unspecified atom stereocenters. The number of allylic oxidation sites excluding steroid dienone is 8. The monoisotopic (exact) mass is 373 g/mol. The van der Waals surface area contributed by atoms with E-state index in [-0.39, 0.29) is 12.4 Å². The average Bonchev–Trinajstić information content (AvgIpc) is 2.63. The van der Waals surface area contributed by atoms with Crippen molar-refractivity contribution in [2.45, 2.75) is 25.7 Å². The Bertz CT molecular complexity index is 401. The first kappa shape index (κ1) is 26.4. The van der Waals surface area contributed by atoms with Gasteiger partial charge < -0.3 is 16.9 Å². The fourth-order valence-electron chi connectivity index (χ4n) is 2.41. The molecule has 0 saturated carbocycles. The average molecular weight is 374 g/mol. The lowest BCUT2D eigenvalue weighted by Gasteiger charge is -2.35. The number of hydrogen-bond donors (Lipinski definition) is 0. The minimum atomic E-state index is 0. The summed E-state index contributed by atoms with van der Waals surface area (Å²) in [7, 11) is 0. The Kier molecular flexibility index (Phi) is 19.8. The lowest BCUT2D eigenvalue weighted by Crippen LogP contribution is -3.00. The van der Waals surface area contributed by atoms with Crippen LogP contribution in [-0.4, -0.2) is 30.7 Å². The van der Waals surface area contributed by atoms with Crippen LogP contribution in [0.25, 0.3) is 0 Å². The van der Waals surface area contributed by atoms with E-state index in [1.165, 1.54) is 0 Å². The Morgan fingerprint density at radius 2 is 0.654 bits per heavy atom. The molecule has 0 rings (SSSR count). The van der Waals surface area contributed by atoms with Gasteiger partial charge in [-0.1, -0.05) is 48.6 Å². The van der Waals surface area contributed by atoms with Crippen molar-refractivity contribution in [3.63, 3.8) is 0 Å². The van der Waals surface area contributed by atoms with E-state index in [4.69, 9.17) is 0 Å². The standard InChI is InChI=1S/C24H36N.ClH/c1-5-9-13-17-21-25(22-18-14-10-6-2,23-19-15-11-7-3)24-20-16-12-8-4;/h5-8,13-20H,1-4,9-12,21-24H2;1H/q+1;/p-1. The summed E-state index contributed by atoms with van der Waals surface area (Å²) in [6.45, 7) is 19.2. The van der Waals surface area contributed by atoms with Crippen LogP contribution >= 0.6 is 0 Å². The maximum Gasteiger partial charge on any atom is 0.0981 e. The molecule has 0 atom stereocenters. The summed E-state index contributed by atoms with van der Waals surface area (Å²) in [6, 6.07) is 0. The fourth-order valence-corrected chi connectivity index (χ4v) is 2.41. The second-order valence-electron chi connectivity index (χ2n) is 6.06. The molecule has 2 heteroatoms. The van der Waals surface area contributed by atoms with Gasteiger partial charge in [-0.05, 0) is 50.0 Å². The van der Waals surface area contributed by atoms with Crippen LogP contribution in [0.2, 0.25) is 0 Å². The van der Waals surface area contributed by atoms with Crippen molar-refractivity contribution in [2.75, 3.05) is 26.2 Å². The molecule has 0 aliphatic heterocycles. The van der Waals surface area contributed by atoms with Gasteiger partial charge in [0, 0.05) is 0 Å². The quantitative estimate of drug-likeness (QED) is 0.287. The van der Waals surface area contributed by atoms with Crippen LogP contribution in [0.5, 0.6) is 0 Å². The topological polar surface area (TPSA) is 0 Å². The highest BCUT2D eigenvalue weighted by atomic mass is 35.5. The summed E-state index contributed by atoms with van der Waals surface area (Å²) in [5.74, 6) is 0. The number of halogens is 1. The van der Waals surface area contributed by atoms with Gasteiger partial charge in [-0.15, -0.1) is 26.3 Å². The molecule has 0 bridgehead atoms. The highest BCUT2D eigenvalue weighted by Gasteiger charge is 2.21. The van der Waals surface area contributed by atoms with Crippen LogP contribution in [0.4, 0.5) is 0 Å². The third-order valence-electron chi connectivity index (χ3n) is 3.85. The van der Waals surface area contributed by atoms with Gasteiger partial charge in [0.15, 0.2) is 0 Å². The van der Waals surface area contributed by atoms with Crippen molar-refractivity contribution >= 4 is 0 Å². The molecule has 144 valence electrons. The highest BCUT2D eigenvalue weighted by Crippen LogP contribution is 2.11. The summed E-state index contributed by atoms with van der Waals surface area (Å²) in [5.41, 5.74) is 0. The molecule has 0 aromatic carbocycles. The Labute approximate surface area is 168 Å². The molecule has 0 radical (unpaired) electrons. The maximum atomic E-state index is 3.79. The Morgan fingerprint density at radius 1 is 0.423 bits per heavy atom. The lowest BCUT2D eigenvalue weighted by molar-refractivity contribution is -0.906. The zero-order valence-corrected chi connectivity index (χ0v) is 17.0. The van der Waals surface area contributed by atoms with Crippen LogP contribution in [0.1, 0.15) is 25.7 Å². The molecule has 0 spiro atoms. The number of hydrogen-bond acceptors (Lipinski definition) is 0. The third-order valence-corrected chi connectivity index (χ3v) is 3.85. The SMILES string of the molecule is C=CCC=CC[N+](CC=CCC=C)(CC=CCC=C)CC=CCC=C.[Cl-]. The maximum absolute atomic E-state index is 3.79. The van der Waals surface area contributed by atoms with Gasteiger partial charge in [-0.2, -0.15) is 0 Å².